The maximum atomic E-state index is 11.6. The molecule has 1 aliphatic heterocycles. The van der Waals surface area contributed by atoms with Crippen molar-refractivity contribution in [3.63, 3.8) is 0 Å². The van der Waals surface area contributed by atoms with Crippen LogP contribution in [0.4, 0.5) is 5.69 Å². The molecule has 2 rings (SSSR count). The number of carbonyl (C=O) groups is 1. The number of nitriles is 1. The minimum atomic E-state index is 0.0429. The van der Waals surface area contributed by atoms with Gasteiger partial charge in [-0.1, -0.05) is 13.8 Å². The van der Waals surface area contributed by atoms with Gasteiger partial charge in [0.15, 0.2) is 5.78 Å². The molecule has 4 nitrogen and oxygen atoms in total. The Hall–Kier alpha value is -1.86. The summed E-state index contributed by atoms with van der Waals surface area (Å²) in [6.45, 7) is 11.1. The molecule has 0 N–H and O–H groups in total. The van der Waals surface area contributed by atoms with Crippen molar-refractivity contribution in [1.82, 2.24) is 4.90 Å². The van der Waals surface area contributed by atoms with E-state index in [4.69, 9.17) is 0 Å². The Labute approximate surface area is 133 Å². The second-order valence-corrected chi connectivity index (χ2v) is 6.41. The first-order valence-electron chi connectivity index (χ1n) is 8.03. The summed E-state index contributed by atoms with van der Waals surface area (Å²) in [5, 5.41) is 9.30. The van der Waals surface area contributed by atoms with Crippen LogP contribution in [0.25, 0.3) is 0 Å². The van der Waals surface area contributed by atoms with Gasteiger partial charge in [0.25, 0.3) is 0 Å². The lowest BCUT2D eigenvalue weighted by atomic mass is 10.1. The number of ketones is 1. The van der Waals surface area contributed by atoms with Crippen molar-refractivity contribution in [2.75, 3.05) is 37.6 Å². The van der Waals surface area contributed by atoms with Gasteiger partial charge in [0.05, 0.1) is 11.3 Å². The first-order chi connectivity index (χ1) is 10.5. The molecular weight excluding hydrogens is 274 g/mol. The number of piperazine rings is 1. The first-order valence-corrected chi connectivity index (χ1v) is 8.03. The largest absolute Gasteiger partial charge is 0.368 e. The Bertz CT molecular complexity index is 566. The number of Topliss-reactive ketones (excluding diaryl/α,β-unsaturated/α-hetero) is 1. The van der Waals surface area contributed by atoms with Crippen LogP contribution in [0, 0.1) is 17.2 Å². The van der Waals surface area contributed by atoms with Crippen molar-refractivity contribution < 1.29 is 4.79 Å². The highest BCUT2D eigenvalue weighted by atomic mass is 16.1. The van der Waals surface area contributed by atoms with Crippen molar-refractivity contribution in [2.45, 2.75) is 27.2 Å². The van der Waals surface area contributed by atoms with Gasteiger partial charge in [-0.15, -0.1) is 0 Å². The standard InChI is InChI=1S/C18H25N3O/c1-14(2)6-7-20-8-10-21(11-9-20)18-12-16(15(3)22)4-5-17(18)13-19/h4-5,12,14H,6-11H2,1-3H3. The number of hydrogen-bond donors (Lipinski definition) is 0. The minimum Gasteiger partial charge on any atom is -0.368 e. The summed E-state index contributed by atoms with van der Waals surface area (Å²) < 4.78 is 0. The number of benzene rings is 1. The summed E-state index contributed by atoms with van der Waals surface area (Å²) in [7, 11) is 0. The second kappa shape index (κ2) is 7.42. The van der Waals surface area contributed by atoms with Crippen LogP contribution in [0.3, 0.4) is 0 Å². The Morgan fingerprint density at radius 3 is 2.50 bits per heavy atom. The Balaban J connectivity index is 2.06. The maximum absolute atomic E-state index is 11.6. The number of rotatable bonds is 5. The topological polar surface area (TPSA) is 47.3 Å². The molecule has 0 spiro atoms. The third kappa shape index (κ3) is 4.08. The molecule has 1 fully saturated rings. The number of carbonyl (C=O) groups excluding carboxylic acids is 1. The second-order valence-electron chi connectivity index (χ2n) is 6.41. The average molecular weight is 299 g/mol. The molecule has 0 aliphatic carbocycles. The molecule has 0 amide bonds. The van der Waals surface area contributed by atoms with Crippen LogP contribution in [0.5, 0.6) is 0 Å². The van der Waals surface area contributed by atoms with E-state index < -0.39 is 0 Å². The van der Waals surface area contributed by atoms with Crippen LogP contribution in [0.15, 0.2) is 18.2 Å². The van der Waals surface area contributed by atoms with Crippen LogP contribution < -0.4 is 4.90 Å². The quantitative estimate of drug-likeness (QED) is 0.784. The average Bonchev–Trinajstić information content (AvgIpc) is 2.52. The fourth-order valence-corrected chi connectivity index (χ4v) is 2.76. The maximum Gasteiger partial charge on any atom is 0.159 e. The molecule has 118 valence electrons. The zero-order valence-corrected chi connectivity index (χ0v) is 13.8. The SMILES string of the molecule is CC(=O)c1ccc(C#N)c(N2CCN(CCC(C)C)CC2)c1. The Kier molecular flexibility index (Phi) is 5.57. The lowest BCUT2D eigenvalue weighted by Crippen LogP contribution is -2.47. The van der Waals surface area contributed by atoms with Crippen LogP contribution in [-0.2, 0) is 0 Å². The fourth-order valence-electron chi connectivity index (χ4n) is 2.76. The molecule has 1 aliphatic rings. The molecule has 0 bridgehead atoms. The van der Waals surface area contributed by atoms with E-state index in [1.807, 2.05) is 6.07 Å². The summed E-state index contributed by atoms with van der Waals surface area (Å²) >= 11 is 0. The van der Waals surface area contributed by atoms with Gasteiger partial charge < -0.3 is 4.90 Å². The van der Waals surface area contributed by atoms with Crippen LogP contribution in [0.1, 0.15) is 43.1 Å². The third-order valence-electron chi connectivity index (χ3n) is 4.26. The van der Waals surface area contributed by atoms with Crippen LogP contribution in [0.2, 0.25) is 0 Å². The summed E-state index contributed by atoms with van der Waals surface area (Å²) in [5.74, 6) is 0.775. The molecule has 1 heterocycles. The van der Waals surface area contributed by atoms with Gasteiger partial charge in [0, 0.05) is 31.7 Å². The molecule has 4 heteroatoms. The van der Waals surface area contributed by atoms with E-state index in [1.54, 1.807) is 19.1 Å². The van der Waals surface area contributed by atoms with E-state index in [0.29, 0.717) is 11.1 Å². The highest BCUT2D eigenvalue weighted by molar-refractivity contribution is 5.95. The zero-order chi connectivity index (χ0) is 16.1. The summed E-state index contributed by atoms with van der Waals surface area (Å²) in [4.78, 5) is 16.3. The van der Waals surface area contributed by atoms with Gasteiger partial charge >= 0.3 is 0 Å². The van der Waals surface area contributed by atoms with Crippen molar-refractivity contribution in [3.8, 4) is 6.07 Å². The molecular formula is C18H25N3O. The number of nitrogens with zero attached hydrogens (tertiary/aromatic N) is 3. The molecule has 0 aromatic heterocycles. The van der Waals surface area contributed by atoms with E-state index in [1.165, 1.54) is 6.42 Å². The van der Waals surface area contributed by atoms with E-state index in [-0.39, 0.29) is 5.78 Å². The molecule has 0 radical (unpaired) electrons. The molecule has 0 saturated carbocycles. The lowest BCUT2D eigenvalue weighted by Gasteiger charge is -2.36. The van der Waals surface area contributed by atoms with E-state index in [9.17, 15) is 10.1 Å². The van der Waals surface area contributed by atoms with Gasteiger partial charge in [-0.3, -0.25) is 9.69 Å². The molecule has 1 saturated heterocycles. The Morgan fingerprint density at radius 1 is 1.27 bits per heavy atom. The fraction of sp³-hybridized carbons (Fsp3) is 0.556. The Morgan fingerprint density at radius 2 is 1.95 bits per heavy atom. The predicted octanol–water partition coefficient (Wildman–Crippen LogP) is 2.93. The van der Waals surface area contributed by atoms with E-state index in [0.717, 1.165) is 44.3 Å². The predicted molar refractivity (Wildman–Crippen MR) is 89.3 cm³/mol. The van der Waals surface area contributed by atoms with E-state index in [2.05, 4.69) is 29.7 Å². The van der Waals surface area contributed by atoms with Crippen LogP contribution in [-0.4, -0.2) is 43.4 Å². The molecule has 22 heavy (non-hydrogen) atoms. The van der Waals surface area contributed by atoms with Crippen molar-refractivity contribution >= 4 is 11.5 Å². The molecule has 0 atom stereocenters. The molecule has 0 unspecified atom stereocenters. The van der Waals surface area contributed by atoms with Gasteiger partial charge in [0.2, 0.25) is 0 Å². The zero-order valence-electron chi connectivity index (χ0n) is 13.8. The lowest BCUT2D eigenvalue weighted by molar-refractivity contribution is 0.101. The smallest absolute Gasteiger partial charge is 0.159 e. The summed E-state index contributed by atoms with van der Waals surface area (Å²) in [5.41, 5.74) is 2.23. The normalized spacial score (nSPS) is 15.9. The third-order valence-corrected chi connectivity index (χ3v) is 4.26. The first kappa shape index (κ1) is 16.5. The van der Waals surface area contributed by atoms with Gasteiger partial charge in [0.1, 0.15) is 6.07 Å². The van der Waals surface area contributed by atoms with Crippen molar-refractivity contribution in [1.29, 1.82) is 5.26 Å². The van der Waals surface area contributed by atoms with Gasteiger partial charge in [-0.25, -0.2) is 0 Å². The van der Waals surface area contributed by atoms with Crippen molar-refractivity contribution in [3.05, 3.63) is 29.3 Å². The number of anilines is 1. The summed E-state index contributed by atoms with van der Waals surface area (Å²) in [6.07, 6.45) is 1.23. The highest BCUT2D eigenvalue weighted by Crippen LogP contribution is 2.23. The van der Waals surface area contributed by atoms with Gasteiger partial charge in [-0.05, 0) is 44.0 Å². The molecule has 1 aromatic carbocycles. The van der Waals surface area contributed by atoms with Crippen molar-refractivity contribution in [2.24, 2.45) is 5.92 Å². The number of hydrogen-bond acceptors (Lipinski definition) is 4. The molecule has 1 aromatic rings. The van der Waals surface area contributed by atoms with Gasteiger partial charge in [-0.2, -0.15) is 5.26 Å². The monoisotopic (exact) mass is 299 g/mol. The van der Waals surface area contributed by atoms with Crippen LogP contribution >= 0.6 is 0 Å². The van der Waals surface area contributed by atoms with E-state index >= 15 is 0 Å². The summed E-state index contributed by atoms with van der Waals surface area (Å²) in [6, 6.07) is 7.61. The highest BCUT2D eigenvalue weighted by Gasteiger charge is 2.20. The minimum absolute atomic E-state index is 0.0429.